The molecule has 8 heteroatoms. The number of fused-ring (bicyclic) bond motifs is 1. The van der Waals surface area contributed by atoms with E-state index in [0.29, 0.717) is 17.0 Å². The molecule has 1 aliphatic heterocycles. The minimum atomic E-state index is -0.173. The van der Waals surface area contributed by atoms with Crippen LogP contribution >= 0.6 is 34.4 Å². The molecule has 0 aromatic carbocycles. The summed E-state index contributed by atoms with van der Waals surface area (Å²) in [6.45, 7) is 6.74. The van der Waals surface area contributed by atoms with Gasteiger partial charge in [0.15, 0.2) is 0 Å². The van der Waals surface area contributed by atoms with Crippen LogP contribution in [0.3, 0.4) is 0 Å². The first-order chi connectivity index (χ1) is 13.5. The maximum Gasteiger partial charge on any atom is 0.259 e. The highest BCUT2D eigenvalue weighted by molar-refractivity contribution is 7.99. The molecular weight excluding hydrogens is 410 g/mol. The number of nitrogens with zero attached hydrogens (tertiary/aromatic N) is 2. The molecule has 4 heterocycles. The Hall–Kier alpha value is -1.64. The maximum atomic E-state index is 13.0. The Kier molecular flexibility index (Phi) is 5.62. The van der Waals surface area contributed by atoms with E-state index in [9.17, 15) is 9.59 Å². The number of nitrogens with one attached hydrogen (secondary N) is 1. The summed E-state index contributed by atoms with van der Waals surface area (Å²) in [5.74, 6) is 1.33. The maximum absolute atomic E-state index is 13.0. The third-order valence-electron chi connectivity index (χ3n) is 5.31. The van der Waals surface area contributed by atoms with Crippen LogP contribution in [0, 0.1) is 13.8 Å². The zero-order chi connectivity index (χ0) is 19.8. The van der Waals surface area contributed by atoms with Crippen LogP contribution in [0.2, 0.25) is 0 Å². The van der Waals surface area contributed by atoms with E-state index in [1.807, 2.05) is 31.7 Å². The summed E-state index contributed by atoms with van der Waals surface area (Å²) in [5, 5.41) is 2.59. The fraction of sp³-hybridized carbons (Fsp3) is 0.450. The number of thioether (sulfide) groups is 1. The smallest absolute Gasteiger partial charge is 0.259 e. The fourth-order valence-electron chi connectivity index (χ4n) is 3.68. The van der Waals surface area contributed by atoms with Gasteiger partial charge in [-0.15, -0.1) is 34.4 Å². The summed E-state index contributed by atoms with van der Waals surface area (Å²) in [6.07, 6.45) is 2.08. The van der Waals surface area contributed by atoms with Crippen LogP contribution < -0.4 is 5.56 Å². The van der Waals surface area contributed by atoms with Crippen molar-refractivity contribution < 1.29 is 4.79 Å². The van der Waals surface area contributed by atoms with Gasteiger partial charge in [-0.1, -0.05) is 6.07 Å². The molecular formula is C20H23N3O2S3. The Bertz CT molecular complexity index is 1050. The van der Waals surface area contributed by atoms with E-state index in [1.54, 1.807) is 22.7 Å². The molecule has 2 unspecified atom stereocenters. The van der Waals surface area contributed by atoms with Crippen LogP contribution in [-0.2, 0) is 10.5 Å². The lowest BCUT2D eigenvalue weighted by atomic mass is 10.2. The summed E-state index contributed by atoms with van der Waals surface area (Å²) < 4.78 is 0. The minimum absolute atomic E-state index is 0.0845. The molecule has 3 aromatic heterocycles. The van der Waals surface area contributed by atoms with Crippen molar-refractivity contribution in [3.63, 3.8) is 0 Å². The van der Waals surface area contributed by atoms with Crippen molar-refractivity contribution in [3.8, 4) is 0 Å². The van der Waals surface area contributed by atoms with Gasteiger partial charge in [0.25, 0.3) is 5.56 Å². The summed E-state index contributed by atoms with van der Waals surface area (Å²) in [4.78, 5) is 38.2. The Labute approximate surface area is 176 Å². The summed E-state index contributed by atoms with van der Waals surface area (Å²) >= 11 is 4.81. The Morgan fingerprint density at radius 2 is 2.29 bits per heavy atom. The molecule has 0 aliphatic carbocycles. The number of hydrogen-bond acceptors (Lipinski definition) is 6. The molecule has 1 saturated heterocycles. The number of thiophene rings is 2. The molecule has 0 bridgehead atoms. The monoisotopic (exact) mass is 433 g/mol. The zero-order valence-corrected chi connectivity index (χ0v) is 18.6. The third-order valence-corrected chi connectivity index (χ3v) is 8.53. The first-order valence-electron chi connectivity index (χ1n) is 9.40. The second-order valence-electron chi connectivity index (χ2n) is 7.13. The Balaban J connectivity index is 1.45. The van der Waals surface area contributed by atoms with Gasteiger partial charge in [-0.2, -0.15) is 0 Å². The highest BCUT2D eigenvalue weighted by Gasteiger charge is 2.33. The predicted octanol–water partition coefficient (Wildman–Crippen LogP) is 4.65. The Morgan fingerprint density at radius 3 is 3.04 bits per heavy atom. The first-order valence-corrected chi connectivity index (χ1v) is 12.1. The second kappa shape index (κ2) is 8.00. The molecule has 1 aliphatic rings. The number of aryl methyl sites for hydroxylation is 2. The molecule has 2 atom stereocenters. The molecule has 5 nitrogen and oxygen atoms in total. The van der Waals surface area contributed by atoms with Crippen molar-refractivity contribution >= 4 is 50.6 Å². The molecule has 0 spiro atoms. The molecule has 1 fully saturated rings. The van der Waals surface area contributed by atoms with Crippen LogP contribution in [0.15, 0.2) is 22.3 Å². The van der Waals surface area contributed by atoms with Gasteiger partial charge in [0, 0.05) is 16.3 Å². The quantitative estimate of drug-likeness (QED) is 0.636. The van der Waals surface area contributed by atoms with Gasteiger partial charge in [-0.05, 0) is 50.6 Å². The van der Waals surface area contributed by atoms with Crippen molar-refractivity contribution in [3.05, 3.63) is 49.0 Å². The summed E-state index contributed by atoms with van der Waals surface area (Å²) in [6, 6.07) is 4.38. The first kappa shape index (κ1) is 19.7. The number of likely N-dealkylation sites (tertiary alicyclic amines) is 1. The topological polar surface area (TPSA) is 66.1 Å². The number of aromatic nitrogens is 2. The lowest BCUT2D eigenvalue weighted by Crippen LogP contribution is -2.36. The van der Waals surface area contributed by atoms with Crippen molar-refractivity contribution in [2.45, 2.75) is 50.7 Å². The van der Waals surface area contributed by atoms with E-state index in [2.05, 4.69) is 21.4 Å². The Morgan fingerprint density at radius 1 is 1.46 bits per heavy atom. The average Bonchev–Trinajstić information content (AvgIpc) is 3.39. The van der Waals surface area contributed by atoms with Gasteiger partial charge in [0.1, 0.15) is 10.7 Å². The number of rotatable bonds is 5. The standard InChI is InChI=1S/C20H23N3O2S3/c1-11-12(2)28-19-17(11)18(24)21-16(22-19)10-27-13(3)20(25)23-8-4-6-14(23)15-7-5-9-26-15/h5,7,9,13-14H,4,6,8,10H2,1-3H3,(H,21,22,24). The molecule has 28 heavy (non-hydrogen) atoms. The average molecular weight is 434 g/mol. The fourth-order valence-corrected chi connectivity index (χ4v) is 6.43. The molecule has 3 aromatic rings. The number of amides is 1. The highest BCUT2D eigenvalue weighted by Crippen LogP contribution is 2.36. The minimum Gasteiger partial charge on any atom is -0.334 e. The van der Waals surface area contributed by atoms with E-state index < -0.39 is 0 Å². The highest BCUT2D eigenvalue weighted by atomic mass is 32.2. The lowest BCUT2D eigenvalue weighted by Gasteiger charge is -2.26. The van der Waals surface area contributed by atoms with Gasteiger partial charge >= 0.3 is 0 Å². The predicted molar refractivity (Wildman–Crippen MR) is 118 cm³/mol. The summed E-state index contributed by atoms with van der Waals surface area (Å²) in [7, 11) is 0. The van der Waals surface area contributed by atoms with E-state index in [1.165, 1.54) is 16.6 Å². The van der Waals surface area contributed by atoms with Gasteiger partial charge < -0.3 is 9.88 Å². The van der Waals surface area contributed by atoms with E-state index in [-0.39, 0.29) is 22.8 Å². The van der Waals surface area contributed by atoms with Crippen LogP contribution in [0.5, 0.6) is 0 Å². The van der Waals surface area contributed by atoms with Crippen LogP contribution in [-0.4, -0.2) is 32.6 Å². The molecule has 1 N–H and O–H groups in total. The number of carbonyl (C=O) groups excluding carboxylic acids is 1. The van der Waals surface area contributed by atoms with Crippen LogP contribution in [0.25, 0.3) is 10.2 Å². The molecule has 148 valence electrons. The third kappa shape index (κ3) is 3.65. The molecule has 0 radical (unpaired) electrons. The van der Waals surface area contributed by atoms with E-state index >= 15 is 0 Å². The number of hydrogen-bond donors (Lipinski definition) is 1. The molecule has 4 rings (SSSR count). The van der Waals surface area contributed by atoms with E-state index in [4.69, 9.17) is 0 Å². The molecule has 1 amide bonds. The van der Waals surface area contributed by atoms with Crippen molar-refractivity contribution in [2.75, 3.05) is 6.54 Å². The number of H-pyrrole nitrogens is 1. The number of carbonyl (C=O) groups is 1. The largest absolute Gasteiger partial charge is 0.334 e. The van der Waals surface area contributed by atoms with Crippen LogP contribution in [0.1, 0.15) is 46.9 Å². The van der Waals surface area contributed by atoms with Gasteiger partial charge in [-0.25, -0.2) is 4.98 Å². The van der Waals surface area contributed by atoms with Gasteiger partial charge in [0.2, 0.25) is 5.91 Å². The lowest BCUT2D eigenvalue weighted by molar-refractivity contribution is -0.131. The normalized spacial score (nSPS) is 18.1. The van der Waals surface area contributed by atoms with Gasteiger partial charge in [-0.3, -0.25) is 9.59 Å². The summed E-state index contributed by atoms with van der Waals surface area (Å²) in [5.41, 5.74) is 0.920. The van der Waals surface area contributed by atoms with Crippen molar-refractivity contribution in [1.82, 2.24) is 14.9 Å². The van der Waals surface area contributed by atoms with Crippen molar-refractivity contribution in [2.24, 2.45) is 0 Å². The van der Waals surface area contributed by atoms with E-state index in [0.717, 1.165) is 34.7 Å². The van der Waals surface area contributed by atoms with Crippen molar-refractivity contribution in [1.29, 1.82) is 0 Å². The van der Waals surface area contributed by atoms with Crippen LogP contribution in [0.4, 0.5) is 0 Å². The number of aromatic amines is 1. The SMILES string of the molecule is Cc1sc2nc(CSC(C)C(=O)N3CCCC3c3cccs3)[nH]c(=O)c2c1C. The second-order valence-corrected chi connectivity index (χ2v) is 10.6. The van der Waals surface area contributed by atoms with Gasteiger partial charge in [0.05, 0.1) is 22.4 Å². The molecule has 0 saturated carbocycles. The zero-order valence-electron chi connectivity index (χ0n) is 16.2.